The molecule has 8 nitrogen and oxygen atoms in total. The molecule has 1 aromatic carbocycles. The molecule has 1 fully saturated rings. The lowest BCUT2D eigenvalue weighted by Crippen LogP contribution is -2.58. The van der Waals surface area contributed by atoms with Crippen molar-refractivity contribution in [2.75, 3.05) is 6.61 Å². The lowest BCUT2D eigenvalue weighted by Gasteiger charge is -2.38. The molecule has 0 radical (unpaired) electrons. The van der Waals surface area contributed by atoms with Gasteiger partial charge in [0.25, 0.3) is 6.29 Å². The van der Waals surface area contributed by atoms with Gasteiger partial charge >= 0.3 is 6.36 Å². The summed E-state index contributed by atoms with van der Waals surface area (Å²) in [6, 6.07) is 4.87. The van der Waals surface area contributed by atoms with Gasteiger partial charge in [-0.3, -0.25) is 0 Å². The molecule has 3 unspecified atom stereocenters. The molecular formula is C14H16F3NO7. The molecule has 0 aliphatic carbocycles. The van der Waals surface area contributed by atoms with Crippen LogP contribution in [-0.4, -0.2) is 70.3 Å². The summed E-state index contributed by atoms with van der Waals surface area (Å²) >= 11 is 0. The quantitative estimate of drug-likeness (QED) is 0.418. The van der Waals surface area contributed by atoms with Crippen LogP contribution in [0.25, 0.3) is 0 Å². The predicted octanol–water partition coefficient (Wildman–Crippen LogP) is -0.264. The van der Waals surface area contributed by atoms with Crippen molar-refractivity contribution < 1.29 is 47.9 Å². The third kappa shape index (κ3) is 5.28. The zero-order valence-electron chi connectivity index (χ0n) is 12.6. The molecule has 1 aromatic rings. The van der Waals surface area contributed by atoms with E-state index in [2.05, 4.69) is 9.89 Å². The van der Waals surface area contributed by atoms with Crippen LogP contribution in [0.5, 0.6) is 5.75 Å². The van der Waals surface area contributed by atoms with Crippen LogP contribution in [0.4, 0.5) is 13.2 Å². The van der Waals surface area contributed by atoms with Gasteiger partial charge < -0.3 is 34.7 Å². The minimum Gasteiger partial charge on any atom is -0.406 e. The van der Waals surface area contributed by atoms with Gasteiger partial charge in [0, 0.05) is 0 Å². The molecule has 0 saturated carbocycles. The fourth-order valence-electron chi connectivity index (χ4n) is 2.10. The summed E-state index contributed by atoms with van der Waals surface area (Å²) in [5, 5.41) is 41.4. The van der Waals surface area contributed by atoms with Crippen molar-refractivity contribution in [3.8, 4) is 5.75 Å². The summed E-state index contributed by atoms with van der Waals surface area (Å²) in [5.41, 5.74) is 0.200. The molecule has 1 aliphatic heterocycles. The summed E-state index contributed by atoms with van der Waals surface area (Å²) in [7, 11) is 0. The summed E-state index contributed by atoms with van der Waals surface area (Å²) in [6.45, 7) is -0.634. The molecule has 4 N–H and O–H groups in total. The maximum atomic E-state index is 12.2. The average Bonchev–Trinajstić information content (AvgIpc) is 2.53. The van der Waals surface area contributed by atoms with Gasteiger partial charge in [0.05, 0.1) is 12.8 Å². The number of aliphatic hydroxyl groups excluding tert-OH is 4. The van der Waals surface area contributed by atoms with Gasteiger partial charge in [-0.25, -0.2) is 0 Å². The molecule has 25 heavy (non-hydrogen) atoms. The summed E-state index contributed by atoms with van der Waals surface area (Å²) in [6.07, 6.45) is -11.3. The summed E-state index contributed by atoms with van der Waals surface area (Å²) in [5.74, 6) is -0.454. The third-order valence-electron chi connectivity index (χ3n) is 3.31. The van der Waals surface area contributed by atoms with Gasteiger partial charge in [-0.15, -0.1) is 13.2 Å². The Morgan fingerprint density at radius 1 is 1.16 bits per heavy atom. The molecule has 5 atom stereocenters. The Morgan fingerprint density at radius 3 is 2.52 bits per heavy atom. The Kier molecular flexibility index (Phi) is 6.19. The van der Waals surface area contributed by atoms with Crippen molar-refractivity contribution in [3.63, 3.8) is 0 Å². The zero-order valence-corrected chi connectivity index (χ0v) is 12.6. The highest BCUT2D eigenvalue weighted by Gasteiger charge is 2.44. The number of rotatable bonds is 5. The van der Waals surface area contributed by atoms with E-state index < -0.39 is 49.4 Å². The lowest BCUT2D eigenvalue weighted by molar-refractivity contribution is -0.301. The van der Waals surface area contributed by atoms with Crippen LogP contribution in [0.2, 0.25) is 0 Å². The second-order valence-electron chi connectivity index (χ2n) is 5.16. The van der Waals surface area contributed by atoms with Crippen molar-refractivity contribution in [3.05, 3.63) is 29.8 Å². The molecule has 140 valence electrons. The Morgan fingerprint density at radius 2 is 1.88 bits per heavy atom. The number of aliphatic hydroxyl groups is 4. The summed E-state index contributed by atoms with van der Waals surface area (Å²) < 4.78 is 45.3. The van der Waals surface area contributed by atoms with E-state index in [-0.39, 0.29) is 5.56 Å². The fraction of sp³-hybridized carbons (Fsp3) is 0.500. The number of nitrogens with zero attached hydrogens (tertiary/aromatic N) is 1. The van der Waals surface area contributed by atoms with E-state index in [0.717, 1.165) is 18.3 Å². The number of hydrogen-bond donors (Lipinski definition) is 4. The van der Waals surface area contributed by atoms with Crippen molar-refractivity contribution in [2.45, 2.75) is 37.1 Å². The van der Waals surface area contributed by atoms with Gasteiger partial charge in [0.15, 0.2) is 0 Å². The molecule has 1 saturated heterocycles. The second kappa shape index (κ2) is 7.97. The third-order valence-corrected chi connectivity index (χ3v) is 3.31. The van der Waals surface area contributed by atoms with Crippen molar-refractivity contribution in [1.82, 2.24) is 0 Å². The molecule has 0 amide bonds. The van der Waals surface area contributed by atoms with Crippen LogP contribution in [0.1, 0.15) is 5.56 Å². The molecule has 0 bridgehead atoms. The Bertz CT molecular complexity index is 596. The predicted molar refractivity (Wildman–Crippen MR) is 75.6 cm³/mol. The van der Waals surface area contributed by atoms with E-state index >= 15 is 0 Å². The first kappa shape index (κ1) is 19.4. The molecule has 1 aliphatic rings. The number of ether oxygens (including phenoxy) is 2. The number of benzene rings is 1. The number of oxime groups is 1. The van der Waals surface area contributed by atoms with Gasteiger partial charge in [0.2, 0.25) is 0 Å². The van der Waals surface area contributed by atoms with Gasteiger partial charge in [-0.05, 0) is 17.7 Å². The second-order valence-corrected chi connectivity index (χ2v) is 5.16. The van der Waals surface area contributed by atoms with Gasteiger partial charge in [-0.1, -0.05) is 17.3 Å². The first-order chi connectivity index (χ1) is 11.7. The zero-order chi connectivity index (χ0) is 18.6. The normalized spacial score (nSPS) is 30.4. The van der Waals surface area contributed by atoms with E-state index in [0.29, 0.717) is 0 Å². The summed E-state index contributed by atoms with van der Waals surface area (Å²) in [4.78, 5) is 4.84. The Balaban J connectivity index is 1.99. The molecule has 2 rings (SSSR count). The van der Waals surface area contributed by atoms with Crippen LogP contribution in [0.3, 0.4) is 0 Å². The van der Waals surface area contributed by atoms with E-state index in [4.69, 9.17) is 14.7 Å². The minimum absolute atomic E-state index is 0.200. The van der Waals surface area contributed by atoms with Crippen LogP contribution < -0.4 is 4.74 Å². The Labute approximate surface area is 139 Å². The van der Waals surface area contributed by atoms with Crippen molar-refractivity contribution in [1.29, 1.82) is 0 Å². The highest BCUT2D eigenvalue weighted by molar-refractivity contribution is 5.79. The molecular weight excluding hydrogens is 351 g/mol. The van der Waals surface area contributed by atoms with Crippen molar-refractivity contribution in [2.24, 2.45) is 5.16 Å². The first-order valence-corrected chi connectivity index (χ1v) is 7.07. The van der Waals surface area contributed by atoms with Gasteiger partial charge in [0.1, 0.15) is 30.2 Å². The maximum Gasteiger partial charge on any atom is 0.573 e. The van der Waals surface area contributed by atoms with E-state index in [1.807, 2.05) is 0 Å². The highest BCUT2D eigenvalue weighted by Crippen LogP contribution is 2.24. The highest BCUT2D eigenvalue weighted by atomic mass is 19.4. The lowest BCUT2D eigenvalue weighted by atomic mass is 9.99. The van der Waals surface area contributed by atoms with E-state index in [9.17, 15) is 28.5 Å². The van der Waals surface area contributed by atoms with Gasteiger partial charge in [-0.2, -0.15) is 0 Å². The SMILES string of the molecule is OCC1O[C@@H](O/N=C/c2cccc(OC(F)(F)F)c2)C(O)[C@@H](O)C1O. The number of hydrogen-bond acceptors (Lipinski definition) is 8. The number of halogens is 3. The number of alkyl halides is 3. The fourth-order valence-corrected chi connectivity index (χ4v) is 2.10. The van der Waals surface area contributed by atoms with Crippen LogP contribution in [0, 0.1) is 0 Å². The van der Waals surface area contributed by atoms with Crippen LogP contribution in [0.15, 0.2) is 29.4 Å². The minimum atomic E-state index is -4.83. The largest absolute Gasteiger partial charge is 0.573 e. The average molecular weight is 367 g/mol. The topological polar surface area (TPSA) is 121 Å². The first-order valence-electron chi connectivity index (χ1n) is 7.07. The smallest absolute Gasteiger partial charge is 0.406 e. The monoisotopic (exact) mass is 367 g/mol. The van der Waals surface area contributed by atoms with E-state index in [1.165, 1.54) is 12.1 Å². The molecule has 0 aromatic heterocycles. The molecule has 11 heteroatoms. The van der Waals surface area contributed by atoms with E-state index in [1.54, 1.807) is 0 Å². The molecule has 0 spiro atoms. The van der Waals surface area contributed by atoms with Crippen LogP contribution >= 0.6 is 0 Å². The molecule has 1 heterocycles. The van der Waals surface area contributed by atoms with Crippen molar-refractivity contribution >= 4 is 6.21 Å². The maximum absolute atomic E-state index is 12.2. The standard InChI is InChI=1S/C14H16F3NO7/c15-14(16,17)24-8-3-1-2-7(4-8)5-18-25-13-12(22)11(21)10(20)9(6-19)23-13/h1-5,9-13,19-22H,6H2/b18-5+/t9?,10?,11-,12?,13-/m0/s1. The Hall–Kier alpha value is -1.92. The van der Waals surface area contributed by atoms with Crippen LogP contribution in [-0.2, 0) is 9.57 Å².